The predicted octanol–water partition coefficient (Wildman–Crippen LogP) is 1.89. The second-order valence-corrected chi connectivity index (χ2v) is 3.42. The Hall–Kier alpha value is -2.30. The van der Waals surface area contributed by atoms with Gasteiger partial charge in [-0.05, 0) is 24.3 Å². The highest BCUT2D eigenvalue weighted by Gasteiger charge is 2.15. The minimum atomic E-state index is -0.671. The second kappa shape index (κ2) is 4.69. The molecular formula is C12H10FN3O. The van der Waals surface area contributed by atoms with E-state index in [1.807, 2.05) is 0 Å². The number of nitrogens with zero attached hydrogens (tertiary/aromatic N) is 3. The molecule has 0 aliphatic rings. The van der Waals surface area contributed by atoms with Gasteiger partial charge in [0.15, 0.2) is 0 Å². The van der Waals surface area contributed by atoms with Gasteiger partial charge in [0, 0.05) is 13.2 Å². The molecule has 0 radical (unpaired) electrons. The maximum absolute atomic E-state index is 12.9. The van der Waals surface area contributed by atoms with E-state index in [4.69, 9.17) is 0 Å². The fourth-order valence-corrected chi connectivity index (χ4v) is 1.37. The summed E-state index contributed by atoms with van der Waals surface area (Å²) in [7, 11) is 1.59. The second-order valence-electron chi connectivity index (χ2n) is 3.42. The van der Waals surface area contributed by atoms with Gasteiger partial charge < -0.3 is 4.90 Å². The third kappa shape index (κ3) is 2.44. The van der Waals surface area contributed by atoms with Crippen LogP contribution in [0.25, 0.3) is 0 Å². The summed E-state index contributed by atoms with van der Waals surface area (Å²) >= 11 is 0. The number of pyridine rings is 2. The lowest BCUT2D eigenvalue weighted by Gasteiger charge is -2.15. The summed E-state index contributed by atoms with van der Waals surface area (Å²) in [6.07, 6.45) is 3.17. The van der Waals surface area contributed by atoms with Gasteiger partial charge in [-0.2, -0.15) is 4.39 Å². The number of hydrogen-bond acceptors (Lipinski definition) is 3. The summed E-state index contributed by atoms with van der Waals surface area (Å²) in [6.45, 7) is 0. The largest absolute Gasteiger partial charge is 0.309 e. The zero-order valence-electron chi connectivity index (χ0n) is 9.17. The molecular weight excluding hydrogens is 221 g/mol. The van der Waals surface area contributed by atoms with E-state index >= 15 is 0 Å². The van der Waals surface area contributed by atoms with Gasteiger partial charge in [-0.1, -0.05) is 6.07 Å². The van der Waals surface area contributed by atoms with E-state index in [0.717, 1.165) is 0 Å². The molecule has 0 atom stereocenters. The van der Waals surface area contributed by atoms with Crippen LogP contribution in [0.4, 0.5) is 10.1 Å². The lowest BCUT2D eigenvalue weighted by atomic mass is 10.3. The summed E-state index contributed by atoms with van der Waals surface area (Å²) in [4.78, 5) is 20.8. The molecule has 86 valence electrons. The van der Waals surface area contributed by atoms with E-state index in [1.165, 1.54) is 23.1 Å². The van der Waals surface area contributed by atoms with E-state index in [2.05, 4.69) is 9.97 Å². The van der Waals surface area contributed by atoms with Crippen molar-refractivity contribution < 1.29 is 9.18 Å². The van der Waals surface area contributed by atoms with Gasteiger partial charge in [-0.15, -0.1) is 0 Å². The van der Waals surface area contributed by atoms with Crippen molar-refractivity contribution in [1.29, 1.82) is 0 Å². The Labute approximate surface area is 97.7 Å². The number of aromatic nitrogens is 2. The highest BCUT2D eigenvalue weighted by Crippen LogP contribution is 2.12. The van der Waals surface area contributed by atoms with Crippen molar-refractivity contribution in [3.05, 3.63) is 54.4 Å². The maximum atomic E-state index is 12.9. The first kappa shape index (κ1) is 11.2. The lowest BCUT2D eigenvalue weighted by molar-refractivity contribution is 0.0987. The first-order valence-corrected chi connectivity index (χ1v) is 4.99. The van der Waals surface area contributed by atoms with Crippen LogP contribution in [0.3, 0.4) is 0 Å². The normalized spacial score (nSPS) is 10.0. The Bertz CT molecular complexity index is 530. The number of rotatable bonds is 2. The highest BCUT2D eigenvalue weighted by molar-refractivity contribution is 6.04. The van der Waals surface area contributed by atoms with Crippen LogP contribution in [0.1, 0.15) is 10.5 Å². The van der Waals surface area contributed by atoms with Crippen LogP contribution in [0.2, 0.25) is 0 Å². The van der Waals surface area contributed by atoms with Gasteiger partial charge in [-0.3, -0.25) is 9.78 Å². The zero-order valence-corrected chi connectivity index (χ0v) is 9.17. The smallest absolute Gasteiger partial charge is 0.276 e. The number of carbonyl (C=O) groups is 1. The fraction of sp³-hybridized carbons (Fsp3) is 0.0833. The lowest BCUT2D eigenvalue weighted by Crippen LogP contribution is -2.27. The van der Waals surface area contributed by atoms with Gasteiger partial charge >= 0.3 is 0 Å². The molecule has 2 aromatic heterocycles. The van der Waals surface area contributed by atoms with Crippen molar-refractivity contribution >= 4 is 11.6 Å². The maximum Gasteiger partial charge on any atom is 0.276 e. The molecule has 2 heterocycles. The van der Waals surface area contributed by atoms with E-state index in [1.54, 1.807) is 31.6 Å². The topological polar surface area (TPSA) is 46.1 Å². The van der Waals surface area contributed by atoms with Crippen LogP contribution in [0.15, 0.2) is 42.7 Å². The number of anilines is 1. The predicted molar refractivity (Wildman–Crippen MR) is 61.2 cm³/mol. The van der Waals surface area contributed by atoms with Gasteiger partial charge in [0.1, 0.15) is 5.69 Å². The molecule has 5 heteroatoms. The molecule has 0 saturated carbocycles. The molecule has 0 bridgehead atoms. The molecule has 0 saturated heterocycles. The van der Waals surface area contributed by atoms with Crippen LogP contribution >= 0.6 is 0 Å². The summed E-state index contributed by atoms with van der Waals surface area (Å²) in [5.41, 5.74) is 0.694. The fourth-order valence-electron chi connectivity index (χ4n) is 1.37. The van der Waals surface area contributed by atoms with Crippen LogP contribution in [-0.4, -0.2) is 22.9 Å². The van der Waals surface area contributed by atoms with Gasteiger partial charge in [-0.25, -0.2) is 4.98 Å². The number of carbonyl (C=O) groups excluding carboxylic acids is 1. The first-order chi connectivity index (χ1) is 8.18. The van der Waals surface area contributed by atoms with Crippen molar-refractivity contribution in [2.24, 2.45) is 0 Å². The Morgan fingerprint density at radius 2 is 2.12 bits per heavy atom. The zero-order chi connectivity index (χ0) is 12.3. The van der Waals surface area contributed by atoms with Crippen molar-refractivity contribution in [1.82, 2.24) is 9.97 Å². The third-order valence-electron chi connectivity index (χ3n) is 2.27. The van der Waals surface area contributed by atoms with Crippen molar-refractivity contribution in [2.45, 2.75) is 0 Å². The Morgan fingerprint density at radius 3 is 2.76 bits per heavy atom. The van der Waals surface area contributed by atoms with Crippen LogP contribution in [-0.2, 0) is 0 Å². The van der Waals surface area contributed by atoms with Crippen molar-refractivity contribution in [3.63, 3.8) is 0 Å². The summed E-state index contributed by atoms with van der Waals surface area (Å²) in [6, 6.07) is 7.58. The monoisotopic (exact) mass is 231 g/mol. The molecule has 2 aromatic rings. The molecule has 0 aliphatic carbocycles. The number of halogens is 1. The highest BCUT2D eigenvalue weighted by atomic mass is 19.1. The summed E-state index contributed by atoms with van der Waals surface area (Å²) in [5.74, 6) is -1.05. The van der Waals surface area contributed by atoms with E-state index in [-0.39, 0.29) is 11.6 Å². The average Bonchev–Trinajstić information content (AvgIpc) is 2.38. The van der Waals surface area contributed by atoms with Gasteiger partial charge in [0.25, 0.3) is 5.91 Å². The molecule has 4 nitrogen and oxygen atoms in total. The minimum absolute atomic E-state index is 0.0661. The van der Waals surface area contributed by atoms with Crippen LogP contribution < -0.4 is 4.90 Å². The SMILES string of the molecule is CN(C(=O)c1cccc(F)n1)c1cccnc1. The average molecular weight is 231 g/mol. The van der Waals surface area contributed by atoms with E-state index in [9.17, 15) is 9.18 Å². The summed E-state index contributed by atoms with van der Waals surface area (Å²) in [5, 5.41) is 0. The molecule has 0 spiro atoms. The van der Waals surface area contributed by atoms with Crippen LogP contribution in [0, 0.1) is 5.95 Å². The molecule has 0 N–H and O–H groups in total. The molecule has 0 aromatic carbocycles. The molecule has 17 heavy (non-hydrogen) atoms. The van der Waals surface area contributed by atoms with Gasteiger partial charge in [0.05, 0.1) is 11.9 Å². The number of amides is 1. The first-order valence-electron chi connectivity index (χ1n) is 4.99. The Balaban J connectivity index is 2.27. The Morgan fingerprint density at radius 1 is 1.29 bits per heavy atom. The van der Waals surface area contributed by atoms with Crippen molar-refractivity contribution in [2.75, 3.05) is 11.9 Å². The molecule has 0 unspecified atom stereocenters. The van der Waals surface area contributed by atoms with E-state index < -0.39 is 5.95 Å². The third-order valence-corrected chi connectivity index (χ3v) is 2.27. The van der Waals surface area contributed by atoms with E-state index in [0.29, 0.717) is 5.69 Å². The standard InChI is InChI=1S/C12H10FN3O/c1-16(9-4-3-7-14-8-9)12(17)10-5-2-6-11(13)15-10/h2-8H,1H3. The Kier molecular flexibility index (Phi) is 3.09. The molecule has 1 amide bonds. The van der Waals surface area contributed by atoms with Crippen molar-refractivity contribution in [3.8, 4) is 0 Å². The quantitative estimate of drug-likeness (QED) is 0.741. The molecule has 0 aliphatic heterocycles. The van der Waals surface area contributed by atoms with Crippen LogP contribution in [0.5, 0.6) is 0 Å². The molecule has 2 rings (SSSR count). The number of hydrogen-bond donors (Lipinski definition) is 0. The minimum Gasteiger partial charge on any atom is -0.309 e. The van der Waals surface area contributed by atoms with Gasteiger partial charge in [0.2, 0.25) is 5.95 Å². The summed E-state index contributed by atoms with van der Waals surface area (Å²) < 4.78 is 12.9. The molecule has 0 fully saturated rings.